The van der Waals surface area contributed by atoms with Crippen LogP contribution in [0.2, 0.25) is 0 Å². The smallest absolute Gasteiger partial charge is 0.346 e. The number of hydrogen-bond acceptors (Lipinski definition) is 5. The highest BCUT2D eigenvalue weighted by atomic mass is 19.3. The van der Waals surface area contributed by atoms with Gasteiger partial charge in [0.1, 0.15) is 0 Å². The van der Waals surface area contributed by atoms with Crippen molar-refractivity contribution in [1.82, 2.24) is 24.6 Å². The van der Waals surface area contributed by atoms with E-state index in [1.165, 1.54) is 0 Å². The maximum absolute atomic E-state index is 14.2. The molecule has 0 aromatic carbocycles. The van der Waals surface area contributed by atoms with Gasteiger partial charge in [0, 0.05) is 24.9 Å². The van der Waals surface area contributed by atoms with Gasteiger partial charge < -0.3 is 4.74 Å². The third-order valence-electron chi connectivity index (χ3n) is 4.38. The molecule has 154 valence electrons. The zero-order chi connectivity index (χ0) is 21.2. The van der Waals surface area contributed by atoms with Gasteiger partial charge >= 0.3 is 17.8 Å². The maximum atomic E-state index is 14.2. The van der Waals surface area contributed by atoms with Crippen molar-refractivity contribution in [2.24, 2.45) is 0 Å². The van der Waals surface area contributed by atoms with E-state index in [9.17, 15) is 30.7 Å². The average molecular weight is 421 g/mol. The second-order valence-corrected chi connectivity index (χ2v) is 6.56. The first kappa shape index (κ1) is 19.3. The Balaban J connectivity index is 1.63. The molecule has 1 aliphatic rings. The van der Waals surface area contributed by atoms with Crippen molar-refractivity contribution < 1.29 is 35.5 Å². The normalized spacial score (nSPS) is 20.5. The van der Waals surface area contributed by atoms with Gasteiger partial charge in [-0.3, -0.25) is 9.38 Å². The number of alkyl halides is 6. The molecule has 29 heavy (non-hydrogen) atoms. The third kappa shape index (κ3) is 3.04. The Morgan fingerprint density at radius 1 is 1.14 bits per heavy atom. The second-order valence-electron chi connectivity index (χ2n) is 6.56. The van der Waals surface area contributed by atoms with Crippen molar-refractivity contribution in [3.63, 3.8) is 0 Å². The average Bonchev–Trinajstić information content (AvgIpc) is 3.06. The summed E-state index contributed by atoms with van der Waals surface area (Å²) in [6.45, 7) is 0.622. The molecule has 0 amide bonds. The molecule has 4 rings (SSSR count). The largest absolute Gasteiger partial charge is 0.465 e. The molecule has 1 fully saturated rings. The molecule has 6 nitrogen and oxygen atoms in total. The van der Waals surface area contributed by atoms with Gasteiger partial charge in [-0.1, -0.05) is 0 Å². The van der Waals surface area contributed by atoms with Gasteiger partial charge in [0.25, 0.3) is 5.88 Å². The molecule has 0 bridgehead atoms. The molecule has 0 spiro atoms. The van der Waals surface area contributed by atoms with E-state index in [1.54, 1.807) is 0 Å². The molecule has 3 aromatic rings. The van der Waals surface area contributed by atoms with E-state index < -0.39 is 47.8 Å². The molecular weight excluding hydrogens is 411 g/mol. The van der Waals surface area contributed by atoms with Gasteiger partial charge in [-0.25, -0.2) is 9.37 Å². The van der Waals surface area contributed by atoms with Crippen molar-refractivity contribution in [3.8, 4) is 17.1 Å². The van der Waals surface area contributed by atoms with Crippen LogP contribution in [0.25, 0.3) is 16.9 Å². The van der Waals surface area contributed by atoms with E-state index >= 15 is 0 Å². The molecule has 1 atom stereocenters. The lowest BCUT2D eigenvalue weighted by atomic mass is 9.85. The minimum atomic E-state index is -4.44. The van der Waals surface area contributed by atoms with E-state index in [0.29, 0.717) is 6.92 Å². The molecule has 0 saturated heterocycles. The third-order valence-corrected chi connectivity index (χ3v) is 4.38. The lowest BCUT2D eigenvalue weighted by Gasteiger charge is -2.42. The van der Waals surface area contributed by atoms with Crippen molar-refractivity contribution >= 4 is 5.65 Å². The van der Waals surface area contributed by atoms with Crippen molar-refractivity contribution in [1.29, 1.82) is 0 Å². The molecular formula is C16H10F7N5O. The Kier molecular flexibility index (Phi) is 4.00. The minimum absolute atomic E-state index is 0.00116. The van der Waals surface area contributed by atoms with Crippen LogP contribution in [0.15, 0.2) is 24.7 Å². The summed E-state index contributed by atoms with van der Waals surface area (Å²) >= 11 is 0. The van der Waals surface area contributed by atoms with Gasteiger partial charge in [-0.05, 0) is 6.07 Å². The van der Waals surface area contributed by atoms with Gasteiger partial charge in [0.05, 0.1) is 18.3 Å². The van der Waals surface area contributed by atoms with E-state index in [0.717, 1.165) is 29.1 Å². The van der Waals surface area contributed by atoms with Crippen LogP contribution in [-0.2, 0) is 5.92 Å². The monoisotopic (exact) mass is 421 g/mol. The molecule has 3 aromatic heterocycles. The molecule has 3 heterocycles. The van der Waals surface area contributed by atoms with Crippen LogP contribution in [0.1, 0.15) is 19.2 Å². The van der Waals surface area contributed by atoms with Crippen LogP contribution >= 0.6 is 0 Å². The number of halogens is 7. The predicted molar refractivity (Wildman–Crippen MR) is 82.5 cm³/mol. The number of fused-ring (bicyclic) bond motifs is 1. The van der Waals surface area contributed by atoms with E-state index in [1.807, 2.05) is 0 Å². The lowest BCUT2D eigenvalue weighted by Crippen LogP contribution is -2.64. The van der Waals surface area contributed by atoms with Crippen molar-refractivity contribution in [3.05, 3.63) is 36.3 Å². The molecule has 0 N–H and O–H groups in total. The Hall–Kier alpha value is -2.99. The topological polar surface area (TPSA) is 65.2 Å². The van der Waals surface area contributed by atoms with E-state index in [2.05, 4.69) is 24.9 Å². The fraction of sp³-hybridized carbons (Fsp3) is 0.375. The summed E-state index contributed by atoms with van der Waals surface area (Å²) in [5.74, 6) is -14.7. The second kappa shape index (κ2) is 6.00. The van der Waals surface area contributed by atoms with Crippen LogP contribution < -0.4 is 4.74 Å². The molecule has 1 saturated carbocycles. The summed E-state index contributed by atoms with van der Waals surface area (Å²) in [6.07, 6.45) is -0.263. The van der Waals surface area contributed by atoms with Crippen LogP contribution in [0.5, 0.6) is 5.88 Å². The Morgan fingerprint density at radius 2 is 1.86 bits per heavy atom. The van der Waals surface area contributed by atoms with Crippen LogP contribution in [0.3, 0.4) is 0 Å². The van der Waals surface area contributed by atoms with Gasteiger partial charge in [-0.15, -0.1) is 10.2 Å². The highest BCUT2D eigenvalue weighted by Crippen LogP contribution is 2.52. The van der Waals surface area contributed by atoms with E-state index in [-0.39, 0.29) is 16.9 Å². The van der Waals surface area contributed by atoms with Crippen molar-refractivity contribution in [2.75, 3.05) is 0 Å². The molecule has 1 aliphatic carbocycles. The summed E-state index contributed by atoms with van der Waals surface area (Å²) in [4.78, 5) is 7.46. The standard InChI is InChI=1S/C16H10F7N5O/c1-14(18,19)13-27-26-11-5-24-9(6-28(11)13)7-2-8(17)12(25-4-7)29-10-3-15(20,21)16(10,22)23/h2,4-6,10H,3H2,1H3/t10-/m1/s1. The molecule has 0 unspecified atom stereocenters. The predicted octanol–water partition coefficient (Wildman–Crippen LogP) is 3.86. The van der Waals surface area contributed by atoms with E-state index in [4.69, 9.17) is 0 Å². The summed E-state index contributed by atoms with van der Waals surface area (Å²) in [7, 11) is 0. The molecule has 0 radical (unpaired) electrons. The highest BCUT2D eigenvalue weighted by molar-refractivity contribution is 5.59. The zero-order valence-electron chi connectivity index (χ0n) is 14.4. The fourth-order valence-electron chi connectivity index (χ4n) is 2.75. The summed E-state index contributed by atoms with van der Waals surface area (Å²) < 4.78 is 99.2. The van der Waals surface area contributed by atoms with Crippen LogP contribution in [-0.4, -0.2) is 42.5 Å². The number of pyridine rings is 1. The summed E-state index contributed by atoms with van der Waals surface area (Å²) in [6, 6.07) is 0.805. The molecule has 0 aliphatic heterocycles. The number of rotatable bonds is 4. The van der Waals surface area contributed by atoms with Crippen LogP contribution in [0.4, 0.5) is 30.7 Å². The first-order chi connectivity index (χ1) is 13.4. The fourth-order valence-corrected chi connectivity index (χ4v) is 2.75. The number of aromatic nitrogens is 5. The molecule has 13 heteroatoms. The maximum Gasteiger partial charge on any atom is 0.346 e. The Labute approximate surface area is 157 Å². The summed E-state index contributed by atoms with van der Waals surface area (Å²) in [5.41, 5.74) is 0.0228. The van der Waals surface area contributed by atoms with Gasteiger partial charge in [0.2, 0.25) is 5.82 Å². The van der Waals surface area contributed by atoms with Gasteiger partial charge in [0.15, 0.2) is 17.6 Å². The Bertz CT molecular complexity index is 1090. The lowest BCUT2D eigenvalue weighted by molar-refractivity contribution is -0.324. The van der Waals surface area contributed by atoms with Crippen molar-refractivity contribution in [2.45, 2.75) is 37.2 Å². The van der Waals surface area contributed by atoms with Gasteiger partial charge in [-0.2, -0.15) is 26.3 Å². The first-order valence-electron chi connectivity index (χ1n) is 8.07. The highest BCUT2D eigenvalue weighted by Gasteiger charge is 2.73. The summed E-state index contributed by atoms with van der Waals surface area (Å²) in [5, 5.41) is 6.94. The Morgan fingerprint density at radius 3 is 2.45 bits per heavy atom. The number of nitrogens with zero attached hydrogens (tertiary/aromatic N) is 5. The first-order valence-corrected chi connectivity index (χ1v) is 8.07. The minimum Gasteiger partial charge on any atom is -0.465 e. The van der Waals surface area contributed by atoms with Crippen LogP contribution in [0, 0.1) is 5.82 Å². The SMILES string of the molecule is CC(F)(F)c1nnc2cnc(-c3cnc(O[C@@H]4CC(F)(F)C4(F)F)c(F)c3)cn12. The number of hydrogen-bond donors (Lipinski definition) is 0. The quantitative estimate of drug-likeness (QED) is 0.599. The number of ether oxygens (including phenoxy) is 1. The zero-order valence-corrected chi connectivity index (χ0v) is 14.4.